The van der Waals surface area contributed by atoms with Gasteiger partial charge in [0.2, 0.25) is 0 Å². The van der Waals surface area contributed by atoms with E-state index in [1.165, 1.54) is 4.90 Å². The number of ether oxygens (including phenoxy) is 1. The lowest BCUT2D eigenvalue weighted by Gasteiger charge is -2.40. The zero-order chi connectivity index (χ0) is 17.8. The lowest BCUT2D eigenvalue weighted by molar-refractivity contribution is 0.0433. The van der Waals surface area contributed by atoms with Crippen molar-refractivity contribution in [2.45, 2.75) is 59.5 Å². The summed E-state index contributed by atoms with van der Waals surface area (Å²) >= 11 is 3.44. The second-order valence-corrected chi connectivity index (χ2v) is 8.24. The summed E-state index contributed by atoms with van der Waals surface area (Å²) in [6.07, 6.45) is -0.140. The number of rotatable bonds is 6. The Bertz CT molecular complexity index is 538. The number of nitrogens with zero attached hydrogens (tertiary/aromatic N) is 1. The molecule has 0 aliphatic heterocycles. The third kappa shape index (κ3) is 6.05. The first-order valence-electron chi connectivity index (χ1n) is 7.93. The summed E-state index contributed by atoms with van der Waals surface area (Å²) in [5, 5.41) is 9.64. The van der Waals surface area contributed by atoms with E-state index in [0.717, 1.165) is 22.2 Å². The molecule has 0 fully saturated rings. The van der Waals surface area contributed by atoms with Crippen LogP contribution in [0.4, 0.5) is 4.79 Å². The molecule has 1 aromatic rings. The minimum Gasteiger partial charge on any atom is -0.491 e. The van der Waals surface area contributed by atoms with Gasteiger partial charge >= 0.3 is 6.09 Å². The van der Waals surface area contributed by atoms with Gasteiger partial charge in [-0.3, -0.25) is 4.90 Å². The lowest BCUT2D eigenvalue weighted by Crippen LogP contribution is -2.53. The van der Waals surface area contributed by atoms with Gasteiger partial charge in [-0.1, -0.05) is 29.8 Å². The van der Waals surface area contributed by atoms with Crippen molar-refractivity contribution in [1.82, 2.24) is 4.90 Å². The van der Waals surface area contributed by atoms with Gasteiger partial charge < -0.3 is 9.84 Å². The molecule has 23 heavy (non-hydrogen) atoms. The molecule has 1 aromatic carbocycles. The van der Waals surface area contributed by atoms with Crippen molar-refractivity contribution in [3.8, 4) is 5.75 Å². The Hall–Kier alpha value is -1.23. The molecule has 0 heterocycles. The van der Waals surface area contributed by atoms with E-state index in [-0.39, 0.29) is 6.04 Å². The molecule has 0 saturated heterocycles. The first-order valence-corrected chi connectivity index (χ1v) is 8.73. The van der Waals surface area contributed by atoms with Crippen LogP contribution in [0.5, 0.6) is 5.75 Å². The number of benzene rings is 1. The third-order valence-electron chi connectivity index (χ3n) is 3.61. The van der Waals surface area contributed by atoms with E-state index < -0.39 is 11.6 Å². The standard InChI is InChI=1S/C18H28BrNO3/c1-12(2)9-15(20(17(21)22)18(4,5)6)11-23-16-8-7-14(19)10-13(16)3/h7-8,10,12,15H,9,11H2,1-6H3,(H,21,22)/t15-/m0/s1. The van der Waals surface area contributed by atoms with Crippen LogP contribution in [0.3, 0.4) is 0 Å². The van der Waals surface area contributed by atoms with Gasteiger partial charge in [0.15, 0.2) is 0 Å². The van der Waals surface area contributed by atoms with E-state index >= 15 is 0 Å². The van der Waals surface area contributed by atoms with E-state index in [4.69, 9.17) is 4.74 Å². The highest BCUT2D eigenvalue weighted by Crippen LogP contribution is 2.26. The molecule has 1 amide bonds. The Balaban J connectivity index is 2.95. The fourth-order valence-corrected chi connectivity index (χ4v) is 3.22. The molecule has 0 aliphatic rings. The zero-order valence-corrected chi connectivity index (χ0v) is 16.5. The van der Waals surface area contributed by atoms with Crippen LogP contribution in [-0.4, -0.2) is 34.3 Å². The maximum Gasteiger partial charge on any atom is 0.408 e. The SMILES string of the molecule is Cc1cc(Br)ccc1OC[C@H](CC(C)C)N(C(=O)O)C(C)(C)C. The molecule has 0 bridgehead atoms. The number of amides is 1. The predicted molar refractivity (Wildman–Crippen MR) is 97.2 cm³/mol. The first kappa shape index (κ1) is 19.8. The molecular formula is C18H28BrNO3. The molecule has 130 valence electrons. The van der Waals surface area contributed by atoms with Gasteiger partial charge in [0.05, 0.1) is 6.04 Å². The van der Waals surface area contributed by atoms with Crippen LogP contribution in [-0.2, 0) is 0 Å². The Kier molecular flexibility index (Phi) is 6.93. The fraction of sp³-hybridized carbons (Fsp3) is 0.611. The quantitative estimate of drug-likeness (QED) is 0.719. The average Bonchev–Trinajstić information content (AvgIpc) is 2.34. The Morgan fingerprint density at radius 2 is 1.96 bits per heavy atom. The highest BCUT2D eigenvalue weighted by atomic mass is 79.9. The summed E-state index contributed by atoms with van der Waals surface area (Å²) in [5.74, 6) is 1.18. The maximum atomic E-state index is 11.8. The summed E-state index contributed by atoms with van der Waals surface area (Å²) in [7, 11) is 0. The van der Waals surface area contributed by atoms with Gasteiger partial charge in [-0.15, -0.1) is 0 Å². The van der Waals surface area contributed by atoms with Gasteiger partial charge in [0, 0.05) is 10.0 Å². The molecule has 0 aliphatic carbocycles. The number of hydrogen-bond donors (Lipinski definition) is 1. The summed E-state index contributed by atoms with van der Waals surface area (Å²) in [5.41, 5.74) is 0.559. The Morgan fingerprint density at radius 1 is 1.35 bits per heavy atom. The predicted octanol–water partition coefficient (Wildman–Crippen LogP) is 5.33. The molecule has 0 unspecified atom stereocenters. The summed E-state index contributed by atoms with van der Waals surface area (Å²) in [4.78, 5) is 13.3. The molecule has 1 atom stereocenters. The molecule has 0 radical (unpaired) electrons. The van der Waals surface area contributed by atoms with Crippen molar-refractivity contribution < 1.29 is 14.6 Å². The van der Waals surface area contributed by atoms with Crippen LogP contribution in [0, 0.1) is 12.8 Å². The monoisotopic (exact) mass is 385 g/mol. The van der Waals surface area contributed by atoms with E-state index in [2.05, 4.69) is 29.8 Å². The van der Waals surface area contributed by atoms with Crippen molar-refractivity contribution in [3.05, 3.63) is 28.2 Å². The molecule has 5 heteroatoms. The van der Waals surface area contributed by atoms with E-state index in [1.54, 1.807) is 0 Å². The topological polar surface area (TPSA) is 49.8 Å². The number of hydrogen-bond acceptors (Lipinski definition) is 2. The van der Waals surface area contributed by atoms with E-state index in [9.17, 15) is 9.90 Å². The van der Waals surface area contributed by atoms with Crippen LogP contribution in [0.15, 0.2) is 22.7 Å². The Morgan fingerprint density at radius 3 is 2.39 bits per heavy atom. The van der Waals surface area contributed by atoms with Gasteiger partial charge in [-0.05, 0) is 63.8 Å². The minimum atomic E-state index is -0.903. The molecular weight excluding hydrogens is 358 g/mol. The smallest absolute Gasteiger partial charge is 0.408 e. The van der Waals surface area contributed by atoms with Crippen LogP contribution >= 0.6 is 15.9 Å². The zero-order valence-electron chi connectivity index (χ0n) is 14.9. The van der Waals surface area contributed by atoms with Crippen LogP contribution in [0.1, 0.15) is 46.6 Å². The van der Waals surface area contributed by atoms with E-state index in [0.29, 0.717) is 12.5 Å². The molecule has 1 N–H and O–H groups in total. The van der Waals surface area contributed by atoms with Gasteiger partial charge in [-0.25, -0.2) is 4.79 Å². The molecule has 0 aromatic heterocycles. The van der Waals surface area contributed by atoms with Gasteiger partial charge in [0.1, 0.15) is 12.4 Å². The van der Waals surface area contributed by atoms with Crippen LogP contribution < -0.4 is 4.74 Å². The molecule has 4 nitrogen and oxygen atoms in total. The van der Waals surface area contributed by atoms with Crippen molar-refractivity contribution in [2.75, 3.05) is 6.61 Å². The van der Waals surface area contributed by atoms with Crippen LogP contribution in [0.2, 0.25) is 0 Å². The molecule has 1 rings (SSSR count). The number of carbonyl (C=O) groups is 1. The van der Waals surface area contributed by atoms with Crippen molar-refractivity contribution in [3.63, 3.8) is 0 Å². The lowest BCUT2D eigenvalue weighted by atomic mass is 9.97. The number of aryl methyl sites for hydroxylation is 1. The largest absolute Gasteiger partial charge is 0.491 e. The molecule has 0 saturated carbocycles. The minimum absolute atomic E-state index is 0.185. The van der Waals surface area contributed by atoms with Gasteiger partial charge in [0.25, 0.3) is 0 Å². The fourth-order valence-electron chi connectivity index (χ4n) is 2.74. The highest BCUT2D eigenvalue weighted by Gasteiger charge is 2.34. The summed E-state index contributed by atoms with van der Waals surface area (Å²) < 4.78 is 6.96. The van der Waals surface area contributed by atoms with Gasteiger partial charge in [-0.2, -0.15) is 0 Å². The Labute approximate surface area is 148 Å². The third-order valence-corrected chi connectivity index (χ3v) is 4.10. The number of carboxylic acid groups (broad SMARTS) is 1. The van der Waals surface area contributed by atoms with Crippen molar-refractivity contribution in [2.24, 2.45) is 5.92 Å². The highest BCUT2D eigenvalue weighted by molar-refractivity contribution is 9.10. The van der Waals surface area contributed by atoms with E-state index in [1.807, 2.05) is 45.9 Å². The summed E-state index contributed by atoms with van der Waals surface area (Å²) in [6, 6.07) is 5.65. The maximum absolute atomic E-state index is 11.8. The first-order chi connectivity index (χ1) is 10.5. The van der Waals surface area contributed by atoms with Crippen molar-refractivity contribution >= 4 is 22.0 Å². The van der Waals surface area contributed by atoms with Crippen LogP contribution in [0.25, 0.3) is 0 Å². The second kappa shape index (κ2) is 8.04. The number of halogens is 1. The molecule has 0 spiro atoms. The average molecular weight is 386 g/mol. The summed E-state index contributed by atoms with van der Waals surface area (Å²) in [6.45, 7) is 12.3. The second-order valence-electron chi connectivity index (χ2n) is 7.33. The van der Waals surface area contributed by atoms with Crippen molar-refractivity contribution in [1.29, 1.82) is 0 Å². The normalized spacial score (nSPS) is 13.0.